The van der Waals surface area contributed by atoms with E-state index < -0.39 is 18.2 Å². The van der Waals surface area contributed by atoms with Crippen molar-refractivity contribution in [3.63, 3.8) is 0 Å². The molecule has 1 saturated heterocycles. The molecule has 1 heterocycles. The second-order valence-corrected chi connectivity index (χ2v) is 12.3. The number of piperidine rings is 1. The Morgan fingerprint density at radius 1 is 1.03 bits per heavy atom. The van der Waals surface area contributed by atoms with Crippen LogP contribution in [0.2, 0.25) is 0 Å². The zero-order valence-electron chi connectivity index (χ0n) is 23.3. The van der Waals surface area contributed by atoms with Crippen LogP contribution in [0.15, 0.2) is 0 Å². The van der Waals surface area contributed by atoms with E-state index in [-0.39, 0.29) is 48.7 Å². The van der Waals surface area contributed by atoms with Gasteiger partial charge in [0.25, 0.3) is 0 Å². The van der Waals surface area contributed by atoms with Gasteiger partial charge in [-0.05, 0) is 69.2 Å². The molecule has 3 aliphatic rings. The number of hydrogen-bond donors (Lipinski definition) is 3. The fourth-order valence-corrected chi connectivity index (χ4v) is 6.78. The van der Waals surface area contributed by atoms with Crippen LogP contribution in [-0.2, 0) is 14.4 Å². The Bertz CT molecular complexity index is 737. The molecule has 3 rings (SSSR count). The van der Waals surface area contributed by atoms with Crippen molar-refractivity contribution in [1.29, 1.82) is 0 Å². The van der Waals surface area contributed by atoms with Gasteiger partial charge in [0.05, 0.1) is 18.6 Å². The molecule has 0 spiro atoms. The van der Waals surface area contributed by atoms with Crippen molar-refractivity contribution < 1.29 is 24.6 Å². The van der Waals surface area contributed by atoms with E-state index in [1.54, 1.807) is 4.90 Å². The van der Waals surface area contributed by atoms with E-state index in [1.165, 1.54) is 25.7 Å². The summed E-state index contributed by atoms with van der Waals surface area (Å²) in [5.74, 6) is 0.576. The zero-order valence-corrected chi connectivity index (χ0v) is 23.3. The highest BCUT2D eigenvalue weighted by Gasteiger charge is 2.43. The summed E-state index contributed by atoms with van der Waals surface area (Å²) in [7, 11) is 0. The van der Waals surface area contributed by atoms with Gasteiger partial charge in [0.1, 0.15) is 12.0 Å². The van der Waals surface area contributed by atoms with Crippen molar-refractivity contribution in [2.24, 2.45) is 29.6 Å². The second-order valence-electron chi connectivity index (χ2n) is 12.3. The Morgan fingerprint density at radius 3 is 2.49 bits per heavy atom. The largest absolute Gasteiger partial charge is 0.392 e. The quantitative estimate of drug-likeness (QED) is 0.296. The van der Waals surface area contributed by atoms with Gasteiger partial charge in [-0.1, -0.05) is 52.4 Å². The lowest BCUT2D eigenvalue weighted by atomic mass is 9.76. The molecule has 7 heteroatoms. The van der Waals surface area contributed by atoms with Crippen LogP contribution in [0.3, 0.4) is 0 Å². The Labute approximate surface area is 224 Å². The predicted octanol–water partition coefficient (Wildman–Crippen LogP) is 4.24. The third-order valence-corrected chi connectivity index (χ3v) is 9.25. The number of amides is 1. The van der Waals surface area contributed by atoms with Gasteiger partial charge in [-0.3, -0.25) is 19.7 Å². The van der Waals surface area contributed by atoms with Crippen LogP contribution in [0.1, 0.15) is 110 Å². The number of nitrogens with one attached hydrogen (secondary N) is 1. The topological polar surface area (TPSA) is 107 Å². The zero-order chi connectivity index (χ0) is 26.8. The first-order valence-electron chi connectivity index (χ1n) is 15.2. The van der Waals surface area contributed by atoms with Gasteiger partial charge in [-0.25, -0.2) is 0 Å². The first-order valence-corrected chi connectivity index (χ1v) is 15.2. The van der Waals surface area contributed by atoms with E-state index in [1.807, 2.05) is 0 Å². The molecule has 0 aromatic carbocycles. The summed E-state index contributed by atoms with van der Waals surface area (Å²) in [6, 6.07) is 0. The lowest BCUT2D eigenvalue weighted by molar-refractivity contribution is -0.152. The molecule has 2 aliphatic carbocycles. The minimum Gasteiger partial charge on any atom is -0.392 e. The van der Waals surface area contributed by atoms with E-state index >= 15 is 0 Å². The summed E-state index contributed by atoms with van der Waals surface area (Å²) in [6.45, 7) is 5.83. The molecule has 0 bridgehead atoms. The monoisotopic (exact) mass is 520 g/mol. The summed E-state index contributed by atoms with van der Waals surface area (Å²) in [4.78, 5) is 40.3. The number of aliphatic hydroxyl groups is 2. The molecular formula is C30H52N2O5. The van der Waals surface area contributed by atoms with Gasteiger partial charge < -0.3 is 15.1 Å². The van der Waals surface area contributed by atoms with Crippen molar-refractivity contribution in [1.82, 2.24) is 10.2 Å². The summed E-state index contributed by atoms with van der Waals surface area (Å²) >= 11 is 0. The molecule has 6 atom stereocenters. The lowest BCUT2D eigenvalue weighted by Crippen LogP contribution is -2.54. The normalized spacial score (nSPS) is 29.5. The lowest BCUT2D eigenvalue weighted by Gasteiger charge is -2.40. The first-order chi connectivity index (χ1) is 17.8. The molecule has 2 saturated carbocycles. The molecular weight excluding hydrogens is 468 g/mol. The van der Waals surface area contributed by atoms with Gasteiger partial charge in [-0.15, -0.1) is 0 Å². The molecule has 3 fully saturated rings. The SMILES string of the molecule is CCCCC(C)CCC1C(=O)CN(CC2CCCCC2)C(=O)C1CC(O)NCCC1CCC(=O)CC1O. The molecule has 3 N–H and O–H groups in total. The van der Waals surface area contributed by atoms with Crippen molar-refractivity contribution in [3.8, 4) is 0 Å². The summed E-state index contributed by atoms with van der Waals surface area (Å²) < 4.78 is 0. The van der Waals surface area contributed by atoms with Crippen LogP contribution in [0.5, 0.6) is 0 Å². The van der Waals surface area contributed by atoms with Gasteiger partial charge >= 0.3 is 0 Å². The number of hydrogen-bond acceptors (Lipinski definition) is 6. The molecule has 1 amide bonds. The number of aliphatic hydroxyl groups excluding tert-OH is 2. The van der Waals surface area contributed by atoms with E-state index in [0.717, 1.165) is 32.1 Å². The van der Waals surface area contributed by atoms with Crippen LogP contribution >= 0.6 is 0 Å². The standard InChI is InChI=1S/C30H52N2O5/c1-3-4-8-21(2)11-14-25-26(18-29(36)31-16-15-23-12-13-24(33)17-27(23)34)30(37)32(20-28(25)35)19-22-9-6-5-7-10-22/h21-23,25-27,29,31,34,36H,3-20H2,1-2H3. The Morgan fingerprint density at radius 2 is 1.78 bits per heavy atom. The maximum absolute atomic E-state index is 13.7. The van der Waals surface area contributed by atoms with E-state index in [0.29, 0.717) is 50.6 Å². The van der Waals surface area contributed by atoms with Crippen LogP contribution in [0.4, 0.5) is 0 Å². The number of rotatable bonds is 14. The molecule has 0 aromatic rings. The van der Waals surface area contributed by atoms with Crippen LogP contribution < -0.4 is 5.32 Å². The third-order valence-electron chi connectivity index (χ3n) is 9.25. The van der Waals surface area contributed by atoms with Gasteiger partial charge in [0.15, 0.2) is 5.78 Å². The van der Waals surface area contributed by atoms with Crippen molar-refractivity contribution in [3.05, 3.63) is 0 Å². The van der Waals surface area contributed by atoms with Crippen LogP contribution in [0, 0.1) is 29.6 Å². The van der Waals surface area contributed by atoms with Crippen molar-refractivity contribution >= 4 is 17.5 Å². The Hall–Kier alpha value is -1.31. The number of Topliss-reactive ketones (excluding diaryl/α,β-unsaturated/α-hetero) is 2. The first kappa shape index (κ1) is 30.2. The molecule has 1 aliphatic heterocycles. The number of nitrogens with zero attached hydrogens (tertiary/aromatic N) is 1. The number of likely N-dealkylation sites (tertiary alicyclic amines) is 1. The van der Waals surface area contributed by atoms with Crippen molar-refractivity contribution in [2.45, 2.75) is 122 Å². The van der Waals surface area contributed by atoms with Crippen molar-refractivity contribution in [2.75, 3.05) is 19.6 Å². The highest BCUT2D eigenvalue weighted by molar-refractivity contribution is 5.96. The minimum absolute atomic E-state index is 0.0402. The molecule has 6 unspecified atom stereocenters. The maximum Gasteiger partial charge on any atom is 0.226 e. The number of carbonyl (C=O) groups is 3. The number of ketones is 2. The molecule has 0 radical (unpaired) electrons. The minimum atomic E-state index is -0.876. The average molecular weight is 521 g/mol. The number of unbranched alkanes of at least 4 members (excludes halogenated alkanes) is 1. The fourth-order valence-electron chi connectivity index (χ4n) is 6.78. The molecule has 37 heavy (non-hydrogen) atoms. The molecule has 7 nitrogen and oxygen atoms in total. The second kappa shape index (κ2) is 15.3. The van der Waals surface area contributed by atoms with Gasteiger partial charge in [-0.2, -0.15) is 0 Å². The maximum atomic E-state index is 13.7. The summed E-state index contributed by atoms with van der Waals surface area (Å²) in [5.41, 5.74) is 0. The highest BCUT2D eigenvalue weighted by Crippen LogP contribution is 2.34. The third kappa shape index (κ3) is 9.43. The van der Waals surface area contributed by atoms with E-state index in [2.05, 4.69) is 19.2 Å². The molecule has 0 aromatic heterocycles. The molecule has 212 valence electrons. The highest BCUT2D eigenvalue weighted by atomic mass is 16.3. The van der Waals surface area contributed by atoms with E-state index in [4.69, 9.17) is 0 Å². The smallest absolute Gasteiger partial charge is 0.226 e. The predicted molar refractivity (Wildman–Crippen MR) is 145 cm³/mol. The number of carbonyl (C=O) groups excluding carboxylic acids is 3. The van der Waals surface area contributed by atoms with Crippen LogP contribution in [-0.4, -0.2) is 64.6 Å². The van der Waals surface area contributed by atoms with Crippen LogP contribution in [0.25, 0.3) is 0 Å². The summed E-state index contributed by atoms with van der Waals surface area (Å²) in [5, 5.41) is 24.2. The summed E-state index contributed by atoms with van der Waals surface area (Å²) in [6.07, 6.45) is 11.9. The van der Waals surface area contributed by atoms with Gasteiger partial charge in [0.2, 0.25) is 5.91 Å². The Kier molecular flexibility index (Phi) is 12.5. The van der Waals surface area contributed by atoms with Gasteiger partial charge in [0, 0.05) is 25.3 Å². The Balaban J connectivity index is 1.58. The van der Waals surface area contributed by atoms with E-state index in [9.17, 15) is 24.6 Å². The fraction of sp³-hybridized carbons (Fsp3) is 0.900. The average Bonchev–Trinajstić information content (AvgIpc) is 2.87.